The van der Waals surface area contributed by atoms with E-state index in [9.17, 15) is 5.11 Å². The molecule has 3 aromatic rings. The number of nitrogens with zero attached hydrogens (tertiary/aromatic N) is 2. The summed E-state index contributed by atoms with van der Waals surface area (Å²) in [7, 11) is 0. The van der Waals surface area contributed by atoms with E-state index in [-0.39, 0.29) is 6.61 Å². The molecule has 0 spiro atoms. The molecule has 1 aliphatic carbocycles. The molecular formula is C27H34N4O4. The molecule has 0 radical (unpaired) electrons. The number of fused-ring (bicyclic) bond motifs is 3. The highest BCUT2D eigenvalue weighted by atomic mass is 16.5. The van der Waals surface area contributed by atoms with Crippen molar-refractivity contribution in [3.05, 3.63) is 47.5 Å². The van der Waals surface area contributed by atoms with Gasteiger partial charge in [0, 0.05) is 35.8 Å². The van der Waals surface area contributed by atoms with Gasteiger partial charge in [0.1, 0.15) is 18.5 Å². The molecule has 1 aromatic heterocycles. The van der Waals surface area contributed by atoms with Crippen molar-refractivity contribution < 1.29 is 19.3 Å². The summed E-state index contributed by atoms with van der Waals surface area (Å²) in [5, 5.41) is 21.7. The van der Waals surface area contributed by atoms with Gasteiger partial charge in [-0.1, -0.05) is 6.07 Å². The van der Waals surface area contributed by atoms with E-state index in [1.54, 1.807) is 0 Å². The first-order chi connectivity index (χ1) is 17.1. The van der Waals surface area contributed by atoms with E-state index < -0.39 is 6.10 Å². The van der Waals surface area contributed by atoms with Crippen molar-refractivity contribution >= 4 is 11.5 Å². The van der Waals surface area contributed by atoms with Crippen LogP contribution >= 0.6 is 0 Å². The maximum Gasteiger partial charge on any atom is 0.162 e. The van der Waals surface area contributed by atoms with Gasteiger partial charge in [-0.2, -0.15) is 5.10 Å². The largest absolute Gasteiger partial charge is 0.494 e. The predicted octanol–water partition coefficient (Wildman–Crippen LogP) is 4.36. The molecule has 2 heterocycles. The van der Waals surface area contributed by atoms with Crippen LogP contribution in [0.3, 0.4) is 0 Å². The third-order valence-electron chi connectivity index (χ3n) is 6.48. The minimum absolute atomic E-state index is 0.230. The number of anilines is 2. The van der Waals surface area contributed by atoms with Gasteiger partial charge in [0.25, 0.3) is 0 Å². The smallest absolute Gasteiger partial charge is 0.162 e. The molecule has 1 saturated heterocycles. The first kappa shape index (κ1) is 23.5. The Morgan fingerprint density at radius 3 is 2.66 bits per heavy atom. The normalized spacial score (nSPS) is 15.5. The van der Waals surface area contributed by atoms with Crippen molar-refractivity contribution in [3.8, 4) is 28.5 Å². The fourth-order valence-electron chi connectivity index (χ4n) is 4.88. The molecule has 0 bridgehead atoms. The summed E-state index contributed by atoms with van der Waals surface area (Å²) in [5.74, 6) is 2.97. The number of β-amino-alcohol motifs (C(OH)–C–C–N with tert-alkyl or cyclic N) is 1. The van der Waals surface area contributed by atoms with E-state index in [1.807, 2.05) is 50.2 Å². The van der Waals surface area contributed by atoms with Gasteiger partial charge in [-0.3, -0.25) is 5.10 Å². The van der Waals surface area contributed by atoms with Crippen molar-refractivity contribution in [2.45, 2.75) is 39.2 Å². The quantitative estimate of drug-likeness (QED) is 0.295. The molecule has 8 nitrogen and oxygen atoms in total. The van der Waals surface area contributed by atoms with Gasteiger partial charge in [-0.05, 0) is 69.6 Å². The number of nitrogens with one attached hydrogen (secondary N) is 2. The SMILES string of the molecule is CCOc1cccc(Nc2n[nH]c3c2Cc2cc(OCC)c(OCC(O)CN4CCCC4)cc2-3)c1. The van der Waals surface area contributed by atoms with Crippen LogP contribution in [0.2, 0.25) is 0 Å². The van der Waals surface area contributed by atoms with Crippen LogP contribution in [0.5, 0.6) is 17.2 Å². The molecule has 2 aromatic carbocycles. The maximum atomic E-state index is 10.5. The summed E-state index contributed by atoms with van der Waals surface area (Å²) < 4.78 is 17.6. The number of aromatic amines is 1. The van der Waals surface area contributed by atoms with Gasteiger partial charge >= 0.3 is 0 Å². The average Bonchev–Trinajstić information content (AvgIpc) is 3.57. The summed E-state index contributed by atoms with van der Waals surface area (Å²) in [5.41, 5.74) is 5.22. The van der Waals surface area contributed by atoms with E-state index in [0.717, 1.165) is 59.1 Å². The Bertz CT molecular complexity index is 1160. The zero-order valence-corrected chi connectivity index (χ0v) is 20.5. The predicted molar refractivity (Wildman–Crippen MR) is 136 cm³/mol. The van der Waals surface area contributed by atoms with E-state index in [4.69, 9.17) is 14.2 Å². The fourth-order valence-corrected chi connectivity index (χ4v) is 4.88. The summed E-state index contributed by atoms with van der Waals surface area (Å²) >= 11 is 0. The van der Waals surface area contributed by atoms with Crippen LogP contribution in [0, 0.1) is 0 Å². The summed E-state index contributed by atoms with van der Waals surface area (Å²) in [6.07, 6.45) is 2.61. The lowest BCUT2D eigenvalue weighted by Gasteiger charge is -2.20. The molecule has 1 fully saturated rings. The Hall–Kier alpha value is -3.23. The number of likely N-dealkylation sites (tertiary alicyclic amines) is 1. The van der Waals surface area contributed by atoms with Crippen LogP contribution in [-0.4, -0.2) is 65.8 Å². The van der Waals surface area contributed by atoms with Crippen LogP contribution in [0.25, 0.3) is 11.3 Å². The minimum Gasteiger partial charge on any atom is -0.494 e. The number of aliphatic hydroxyl groups is 1. The van der Waals surface area contributed by atoms with Crippen LogP contribution in [0.1, 0.15) is 37.8 Å². The van der Waals surface area contributed by atoms with Gasteiger partial charge in [-0.15, -0.1) is 0 Å². The maximum absolute atomic E-state index is 10.5. The Morgan fingerprint density at radius 1 is 1.06 bits per heavy atom. The Balaban J connectivity index is 1.33. The van der Waals surface area contributed by atoms with Crippen LogP contribution in [0.15, 0.2) is 36.4 Å². The highest BCUT2D eigenvalue weighted by Crippen LogP contribution is 2.44. The average molecular weight is 479 g/mol. The van der Waals surface area contributed by atoms with E-state index in [0.29, 0.717) is 31.3 Å². The second kappa shape index (κ2) is 10.6. The molecule has 1 aliphatic heterocycles. The monoisotopic (exact) mass is 478 g/mol. The Morgan fingerprint density at radius 2 is 1.86 bits per heavy atom. The van der Waals surface area contributed by atoms with Crippen molar-refractivity contribution in [1.29, 1.82) is 0 Å². The van der Waals surface area contributed by atoms with Crippen molar-refractivity contribution in [2.75, 3.05) is 44.8 Å². The number of H-pyrrole nitrogens is 1. The second-order valence-corrected chi connectivity index (χ2v) is 9.05. The minimum atomic E-state index is -0.540. The number of hydrogen-bond acceptors (Lipinski definition) is 7. The van der Waals surface area contributed by atoms with Crippen LogP contribution in [-0.2, 0) is 6.42 Å². The lowest BCUT2D eigenvalue weighted by atomic mass is 10.1. The number of hydrogen-bond donors (Lipinski definition) is 3. The molecular weight excluding hydrogens is 444 g/mol. The number of benzene rings is 2. The van der Waals surface area contributed by atoms with Gasteiger partial charge in [0.2, 0.25) is 0 Å². The molecule has 5 rings (SSSR count). The number of ether oxygens (including phenoxy) is 3. The van der Waals surface area contributed by atoms with E-state index >= 15 is 0 Å². The Labute approximate surface area is 206 Å². The number of aliphatic hydroxyl groups excluding tert-OH is 1. The molecule has 0 saturated carbocycles. The zero-order valence-electron chi connectivity index (χ0n) is 20.5. The molecule has 1 atom stereocenters. The molecule has 35 heavy (non-hydrogen) atoms. The van der Waals surface area contributed by atoms with Crippen LogP contribution < -0.4 is 19.5 Å². The zero-order chi connectivity index (χ0) is 24.2. The lowest BCUT2D eigenvalue weighted by Crippen LogP contribution is -2.33. The first-order valence-corrected chi connectivity index (χ1v) is 12.5. The summed E-state index contributed by atoms with van der Waals surface area (Å²) in [6, 6.07) is 11.9. The topological polar surface area (TPSA) is 91.9 Å². The number of aromatic nitrogens is 2. The second-order valence-electron chi connectivity index (χ2n) is 9.05. The first-order valence-electron chi connectivity index (χ1n) is 12.5. The van der Waals surface area contributed by atoms with Crippen molar-refractivity contribution in [2.24, 2.45) is 0 Å². The third kappa shape index (κ3) is 5.23. The highest BCUT2D eigenvalue weighted by molar-refractivity contribution is 5.81. The van der Waals surface area contributed by atoms with E-state index in [1.165, 1.54) is 12.8 Å². The van der Waals surface area contributed by atoms with Gasteiger partial charge < -0.3 is 29.5 Å². The molecule has 0 amide bonds. The number of rotatable bonds is 11. The van der Waals surface area contributed by atoms with Gasteiger partial charge in [-0.25, -0.2) is 0 Å². The van der Waals surface area contributed by atoms with Gasteiger partial charge in [0.05, 0.1) is 18.9 Å². The summed E-state index contributed by atoms with van der Waals surface area (Å²) in [6.45, 7) is 8.07. The van der Waals surface area contributed by atoms with Crippen LogP contribution in [0.4, 0.5) is 11.5 Å². The standard InChI is InChI=1S/C27H34N4O4/c1-3-33-21-9-7-8-19(14-21)28-27-23-12-18-13-24(34-4-2)25(15-22(18)26(23)29-30-27)35-17-20(32)16-31-10-5-6-11-31/h7-9,13-15,20,32H,3-6,10-12,16-17H2,1-2H3,(H2,28,29,30). The molecule has 2 aliphatic rings. The molecule has 186 valence electrons. The van der Waals surface area contributed by atoms with Crippen molar-refractivity contribution in [1.82, 2.24) is 15.1 Å². The highest BCUT2D eigenvalue weighted by Gasteiger charge is 2.27. The van der Waals surface area contributed by atoms with Gasteiger partial charge in [0.15, 0.2) is 17.3 Å². The fraction of sp³-hybridized carbons (Fsp3) is 0.444. The molecule has 3 N–H and O–H groups in total. The Kier molecular flexibility index (Phi) is 7.11. The molecule has 8 heteroatoms. The lowest BCUT2D eigenvalue weighted by molar-refractivity contribution is 0.0744. The summed E-state index contributed by atoms with van der Waals surface area (Å²) in [4.78, 5) is 2.29. The third-order valence-corrected chi connectivity index (χ3v) is 6.48. The van der Waals surface area contributed by atoms with E-state index in [2.05, 4.69) is 20.4 Å². The van der Waals surface area contributed by atoms with Crippen molar-refractivity contribution in [3.63, 3.8) is 0 Å². The molecule has 1 unspecified atom stereocenters.